The zero-order chi connectivity index (χ0) is 23.1. The number of nitrogens with two attached hydrogens (primary N) is 1. The normalized spacial score (nSPS) is 12.4. The fourth-order valence-corrected chi connectivity index (χ4v) is 4.31. The Morgan fingerprint density at radius 3 is 2.03 bits per heavy atom. The molecule has 0 unspecified atom stereocenters. The molecule has 0 radical (unpaired) electrons. The SMILES string of the molecule is NS(=O)(=O)c1ccc2nc(C(O)(c3ccccc3F)c3ccccc3F)n(CCO)c2c1. The average molecular weight is 459 g/mol. The molecule has 0 aliphatic carbocycles. The molecule has 0 saturated carbocycles. The quantitative estimate of drug-likeness (QED) is 0.409. The number of nitrogens with zero attached hydrogens (tertiary/aromatic N) is 2. The second-order valence-electron chi connectivity index (χ2n) is 7.18. The fraction of sp³-hybridized carbons (Fsp3) is 0.136. The van der Waals surface area contributed by atoms with E-state index in [-0.39, 0.29) is 39.4 Å². The third kappa shape index (κ3) is 3.56. The van der Waals surface area contributed by atoms with Crippen LogP contribution in [0.4, 0.5) is 8.78 Å². The van der Waals surface area contributed by atoms with Crippen molar-refractivity contribution in [3.05, 3.63) is 95.3 Å². The summed E-state index contributed by atoms with van der Waals surface area (Å²) in [6.07, 6.45) is 0. The van der Waals surface area contributed by atoms with E-state index >= 15 is 0 Å². The molecule has 0 spiro atoms. The molecule has 4 N–H and O–H groups in total. The Morgan fingerprint density at radius 2 is 1.53 bits per heavy atom. The minimum Gasteiger partial charge on any atom is -0.395 e. The van der Waals surface area contributed by atoms with E-state index in [0.717, 1.165) is 12.1 Å². The van der Waals surface area contributed by atoms with Gasteiger partial charge in [0.1, 0.15) is 11.6 Å². The number of sulfonamides is 1. The first-order valence-corrected chi connectivity index (χ1v) is 11.1. The van der Waals surface area contributed by atoms with Crippen LogP contribution < -0.4 is 5.14 Å². The predicted molar refractivity (Wildman–Crippen MR) is 113 cm³/mol. The van der Waals surface area contributed by atoms with Gasteiger partial charge in [0.2, 0.25) is 10.0 Å². The van der Waals surface area contributed by atoms with Crippen LogP contribution in [0.2, 0.25) is 0 Å². The lowest BCUT2D eigenvalue weighted by Crippen LogP contribution is -2.35. The molecule has 4 rings (SSSR count). The standard InChI is InChI=1S/C22H19F2N3O4S/c23-17-7-3-1-5-15(17)22(29,16-6-2-4-8-18(16)24)21-26-19-10-9-14(32(25,30)31)13-20(19)27(21)11-12-28/h1-10,13,28-29H,11-12H2,(H2,25,30,31). The number of hydrogen-bond donors (Lipinski definition) is 3. The largest absolute Gasteiger partial charge is 0.395 e. The summed E-state index contributed by atoms with van der Waals surface area (Å²) in [5.41, 5.74) is -2.46. The van der Waals surface area contributed by atoms with E-state index in [9.17, 15) is 27.4 Å². The number of fused-ring (bicyclic) bond motifs is 1. The van der Waals surface area contributed by atoms with Gasteiger partial charge in [0.15, 0.2) is 11.4 Å². The summed E-state index contributed by atoms with van der Waals surface area (Å²) < 4.78 is 54.8. The van der Waals surface area contributed by atoms with Crippen molar-refractivity contribution in [1.82, 2.24) is 9.55 Å². The molecule has 0 aliphatic heterocycles. The van der Waals surface area contributed by atoms with Crippen LogP contribution in [0.5, 0.6) is 0 Å². The number of rotatable bonds is 6. The zero-order valence-electron chi connectivity index (χ0n) is 16.6. The summed E-state index contributed by atoms with van der Waals surface area (Å²) in [6, 6.07) is 14.5. The van der Waals surface area contributed by atoms with Gasteiger partial charge in [-0.1, -0.05) is 36.4 Å². The lowest BCUT2D eigenvalue weighted by atomic mass is 9.84. The van der Waals surface area contributed by atoms with Crippen molar-refractivity contribution in [2.75, 3.05) is 6.61 Å². The summed E-state index contributed by atoms with van der Waals surface area (Å²) in [5, 5.41) is 26.8. The number of aliphatic hydroxyl groups excluding tert-OH is 1. The number of hydrogen-bond acceptors (Lipinski definition) is 5. The van der Waals surface area contributed by atoms with Crippen molar-refractivity contribution >= 4 is 21.1 Å². The van der Waals surface area contributed by atoms with E-state index in [4.69, 9.17) is 5.14 Å². The van der Waals surface area contributed by atoms with E-state index in [0.29, 0.717) is 0 Å². The number of imidazole rings is 1. The maximum Gasteiger partial charge on any atom is 0.238 e. The second kappa shape index (κ2) is 8.06. The summed E-state index contributed by atoms with van der Waals surface area (Å²) in [6.45, 7) is -0.548. The fourth-order valence-electron chi connectivity index (χ4n) is 3.78. The highest BCUT2D eigenvalue weighted by Gasteiger charge is 2.43. The van der Waals surface area contributed by atoms with Gasteiger partial charge in [-0.3, -0.25) is 0 Å². The third-order valence-electron chi connectivity index (χ3n) is 5.22. The molecule has 1 heterocycles. The highest BCUT2D eigenvalue weighted by atomic mass is 32.2. The number of halogens is 2. The van der Waals surface area contributed by atoms with Gasteiger partial charge in [-0.25, -0.2) is 27.3 Å². The molecule has 0 fully saturated rings. The first kappa shape index (κ1) is 22.0. The zero-order valence-corrected chi connectivity index (χ0v) is 17.4. The van der Waals surface area contributed by atoms with Gasteiger partial charge in [0, 0.05) is 17.7 Å². The minimum absolute atomic E-state index is 0.134. The van der Waals surface area contributed by atoms with Gasteiger partial charge in [-0.05, 0) is 30.3 Å². The smallest absolute Gasteiger partial charge is 0.238 e. The Kier molecular flexibility index (Phi) is 5.55. The van der Waals surface area contributed by atoms with Gasteiger partial charge >= 0.3 is 0 Å². The Balaban J connectivity index is 2.12. The highest BCUT2D eigenvalue weighted by Crippen LogP contribution is 2.40. The molecular formula is C22H19F2N3O4S. The van der Waals surface area contributed by atoms with Gasteiger partial charge in [-0.15, -0.1) is 0 Å². The molecule has 0 atom stereocenters. The van der Waals surface area contributed by atoms with E-state index in [2.05, 4.69) is 4.98 Å². The van der Waals surface area contributed by atoms with E-state index in [1.54, 1.807) is 0 Å². The van der Waals surface area contributed by atoms with Crippen LogP contribution in [0.3, 0.4) is 0 Å². The van der Waals surface area contributed by atoms with Crippen LogP contribution >= 0.6 is 0 Å². The summed E-state index contributed by atoms with van der Waals surface area (Å²) in [4.78, 5) is 4.18. The van der Waals surface area contributed by atoms with E-state index in [1.165, 1.54) is 59.2 Å². The molecule has 3 aromatic carbocycles. The molecule has 0 bridgehead atoms. The first-order valence-electron chi connectivity index (χ1n) is 9.54. The predicted octanol–water partition coefficient (Wildman–Crippen LogP) is 2.24. The van der Waals surface area contributed by atoms with Crippen LogP contribution in [-0.4, -0.2) is 34.8 Å². The topological polar surface area (TPSA) is 118 Å². The van der Waals surface area contributed by atoms with Gasteiger partial charge in [-0.2, -0.15) is 0 Å². The van der Waals surface area contributed by atoms with Crippen LogP contribution in [0.15, 0.2) is 71.6 Å². The molecule has 1 aromatic heterocycles. The van der Waals surface area contributed by atoms with Crippen LogP contribution in [0.25, 0.3) is 11.0 Å². The molecule has 0 aliphatic rings. The summed E-state index contributed by atoms with van der Waals surface area (Å²) in [5.74, 6) is -1.79. The molecule has 0 saturated heterocycles. The number of aliphatic hydroxyl groups is 2. The molecular weight excluding hydrogens is 440 g/mol. The summed E-state index contributed by atoms with van der Waals surface area (Å²) in [7, 11) is -4.06. The van der Waals surface area contributed by atoms with Crippen molar-refractivity contribution in [3.8, 4) is 0 Å². The van der Waals surface area contributed by atoms with Gasteiger partial charge in [0.25, 0.3) is 0 Å². The van der Waals surface area contributed by atoms with E-state index in [1.807, 2.05) is 0 Å². The molecule has 10 heteroatoms. The van der Waals surface area contributed by atoms with Crippen molar-refractivity contribution in [3.63, 3.8) is 0 Å². The minimum atomic E-state index is -4.06. The Morgan fingerprint density at radius 1 is 0.969 bits per heavy atom. The van der Waals surface area contributed by atoms with Crippen molar-refractivity contribution in [2.45, 2.75) is 17.0 Å². The Bertz CT molecular complexity index is 1370. The van der Waals surface area contributed by atoms with Crippen LogP contribution in [-0.2, 0) is 22.2 Å². The van der Waals surface area contributed by atoms with Crippen LogP contribution in [0.1, 0.15) is 17.0 Å². The molecule has 7 nitrogen and oxygen atoms in total. The second-order valence-corrected chi connectivity index (χ2v) is 8.74. The molecule has 4 aromatic rings. The van der Waals surface area contributed by atoms with Gasteiger partial charge in [0.05, 0.1) is 22.5 Å². The average Bonchev–Trinajstić information content (AvgIpc) is 3.12. The molecule has 0 amide bonds. The Labute approximate surface area is 182 Å². The summed E-state index contributed by atoms with van der Waals surface area (Å²) >= 11 is 0. The number of primary sulfonamides is 1. The molecule has 166 valence electrons. The highest BCUT2D eigenvalue weighted by molar-refractivity contribution is 7.89. The third-order valence-corrected chi connectivity index (χ3v) is 6.13. The van der Waals surface area contributed by atoms with E-state index < -0.39 is 33.9 Å². The number of benzene rings is 3. The van der Waals surface area contributed by atoms with Gasteiger partial charge < -0.3 is 14.8 Å². The van der Waals surface area contributed by atoms with Crippen LogP contribution in [0, 0.1) is 11.6 Å². The van der Waals surface area contributed by atoms with Crippen molar-refractivity contribution in [2.24, 2.45) is 5.14 Å². The molecule has 32 heavy (non-hydrogen) atoms. The number of aromatic nitrogens is 2. The monoisotopic (exact) mass is 459 g/mol. The maximum absolute atomic E-state index is 14.9. The first-order chi connectivity index (χ1) is 15.2. The Hall–Kier alpha value is -3.18. The van der Waals surface area contributed by atoms with Crippen molar-refractivity contribution < 1.29 is 27.4 Å². The lowest BCUT2D eigenvalue weighted by Gasteiger charge is -2.30. The van der Waals surface area contributed by atoms with Crippen molar-refractivity contribution in [1.29, 1.82) is 0 Å². The maximum atomic E-state index is 14.9. The lowest BCUT2D eigenvalue weighted by molar-refractivity contribution is 0.102.